The first kappa shape index (κ1) is 17.7. The lowest BCUT2D eigenvalue weighted by Crippen LogP contribution is -2.30. The summed E-state index contributed by atoms with van der Waals surface area (Å²) in [6.07, 6.45) is 4.74. The van der Waals surface area contributed by atoms with Gasteiger partial charge in [-0.15, -0.1) is 0 Å². The molecular weight excluding hydrogens is 260 g/mol. The van der Waals surface area contributed by atoms with Gasteiger partial charge in [-0.3, -0.25) is 4.79 Å². The number of ether oxygens (including phenoxy) is 1. The van der Waals surface area contributed by atoms with Gasteiger partial charge in [0.05, 0.1) is 5.92 Å². The zero-order valence-corrected chi connectivity index (χ0v) is 13.1. The fraction of sp³-hybridized carbons (Fsp3) is 0.632. The van der Waals surface area contributed by atoms with Crippen molar-refractivity contribution >= 4 is 5.97 Å². The zero-order valence-electron chi connectivity index (χ0n) is 13.1. The molecule has 1 unspecified atom stereocenters. The quantitative estimate of drug-likeness (QED) is 0.711. The Labute approximate surface area is 129 Å². The molecule has 2 rings (SSSR count). The summed E-state index contributed by atoms with van der Waals surface area (Å²) in [5.74, 6) is 0.276. The van der Waals surface area contributed by atoms with Crippen LogP contribution < -0.4 is 0 Å². The Morgan fingerprint density at radius 3 is 2.14 bits per heavy atom. The van der Waals surface area contributed by atoms with Crippen molar-refractivity contribution in [1.29, 1.82) is 0 Å². The van der Waals surface area contributed by atoms with E-state index in [1.807, 2.05) is 20.8 Å². The van der Waals surface area contributed by atoms with Crippen molar-refractivity contribution in [3.63, 3.8) is 0 Å². The van der Waals surface area contributed by atoms with Crippen molar-refractivity contribution in [2.45, 2.75) is 72.3 Å². The number of rotatable bonds is 3. The molecule has 1 aliphatic carbocycles. The van der Waals surface area contributed by atoms with E-state index in [1.54, 1.807) is 0 Å². The molecule has 0 N–H and O–H groups in total. The maximum absolute atomic E-state index is 12.6. The lowest BCUT2D eigenvalue weighted by molar-refractivity contribution is -0.158. The predicted octanol–water partition coefficient (Wildman–Crippen LogP) is 5.25. The number of hydrogen-bond donors (Lipinski definition) is 0. The van der Waals surface area contributed by atoms with Gasteiger partial charge in [0.2, 0.25) is 0 Å². The second-order valence-electron chi connectivity index (χ2n) is 6.97. The molecule has 0 radical (unpaired) electrons. The van der Waals surface area contributed by atoms with E-state index in [0.717, 1.165) is 18.4 Å². The molecule has 2 nitrogen and oxygen atoms in total. The lowest BCUT2D eigenvalue weighted by atomic mass is 9.84. The average molecular weight is 290 g/mol. The average Bonchev–Trinajstić information content (AvgIpc) is 2.83. The minimum Gasteiger partial charge on any atom is -0.459 e. The van der Waals surface area contributed by atoms with Crippen LogP contribution in [-0.4, -0.2) is 11.6 Å². The molecule has 0 amide bonds. The van der Waals surface area contributed by atoms with Gasteiger partial charge in [-0.2, -0.15) is 0 Å². The Hall–Kier alpha value is -1.31. The first-order valence-corrected chi connectivity index (χ1v) is 7.66. The smallest absolute Gasteiger partial charge is 0.314 e. The van der Waals surface area contributed by atoms with Crippen molar-refractivity contribution < 1.29 is 9.53 Å². The van der Waals surface area contributed by atoms with Crippen LogP contribution in [0.15, 0.2) is 24.3 Å². The third-order valence-electron chi connectivity index (χ3n) is 3.97. The van der Waals surface area contributed by atoms with Gasteiger partial charge in [-0.25, -0.2) is 0 Å². The highest BCUT2D eigenvalue weighted by molar-refractivity contribution is 5.79. The third kappa shape index (κ3) is 4.87. The molecule has 0 bridgehead atoms. The number of aryl methyl sites for hydroxylation is 1. The Bertz CT molecular complexity index is 447. The van der Waals surface area contributed by atoms with Crippen molar-refractivity contribution in [2.24, 2.45) is 5.92 Å². The third-order valence-corrected chi connectivity index (χ3v) is 3.97. The van der Waals surface area contributed by atoms with Gasteiger partial charge in [0.1, 0.15) is 5.60 Å². The van der Waals surface area contributed by atoms with Crippen LogP contribution in [0.1, 0.15) is 70.9 Å². The summed E-state index contributed by atoms with van der Waals surface area (Å²) in [6.45, 7) is 7.88. The molecule has 0 spiro atoms. The molecule has 2 heteroatoms. The molecule has 21 heavy (non-hydrogen) atoms. The van der Waals surface area contributed by atoms with E-state index in [-0.39, 0.29) is 19.3 Å². The fourth-order valence-electron chi connectivity index (χ4n) is 3.03. The molecule has 1 atom stereocenters. The molecule has 118 valence electrons. The molecule has 0 aliphatic heterocycles. The molecule has 1 aromatic carbocycles. The number of carbonyl (C=O) groups is 1. The second-order valence-corrected chi connectivity index (χ2v) is 6.97. The van der Waals surface area contributed by atoms with E-state index in [0.29, 0.717) is 5.92 Å². The van der Waals surface area contributed by atoms with Crippen LogP contribution in [-0.2, 0) is 9.53 Å². The minimum absolute atomic E-state index is 0. The molecule has 0 heterocycles. The summed E-state index contributed by atoms with van der Waals surface area (Å²) in [4.78, 5) is 12.6. The maximum Gasteiger partial charge on any atom is 0.314 e. The van der Waals surface area contributed by atoms with Gasteiger partial charge in [-0.1, -0.05) is 50.1 Å². The van der Waals surface area contributed by atoms with Gasteiger partial charge >= 0.3 is 5.97 Å². The van der Waals surface area contributed by atoms with Crippen molar-refractivity contribution in [3.05, 3.63) is 35.4 Å². The lowest BCUT2D eigenvalue weighted by Gasteiger charge is -2.27. The van der Waals surface area contributed by atoms with Crippen LogP contribution in [0.2, 0.25) is 0 Å². The first-order chi connectivity index (χ1) is 9.37. The van der Waals surface area contributed by atoms with E-state index in [9.17, 15) is 4.79 Å². The highest BCUT2D eigenvalue weighted by atomic mass is 16.6. The van der Waals surface area contributed by atoms with Crippen LogP contribution in [0.25, 0.3) is 0 Å². The number of hydrogen-bond acceptors (Lipinski definition) is 2. The Morgan fingerprint density at radius 1 is 1.14 bits per heavy atom. The van der Waals surface area contributed by atoms with E-state index in [4.69, 9.17) is 4.74 Å². The van der Waals surface area contributed by atoms with Crippen LogP contribution in [0, 0.1) is 12.8 Å². The first-order valence-electron chi connectivity index (χ1n) is 7.66. The van der Waals surface area contributed by atoms with Crippen molar-refractivity contribution in [2.75, 3.05) is 0 Å². The Morgan fingerprint density at radius 2 is 1.67 bits per heavy atom. The Kier molecular flexibility index (Phi) is 6.00. The predicted molar refractivity (Wildman–Crippen MR) is 88.5 cm³/mol. The second kappa shape index (κ2) is 7.11. The summed E-state index contributed by atoms with van der Waals surface area (Å²) >= 11 is 0. The molecule has 1 saturated carbocycles. The number of esters is 1. The Balaban J connectivity index is 0.00000220. The van der Waals surface area contributed by atoms with Crippen LogP contribution in [0.5, 0.6) is 0 Å². The summed E-state index contributed by atoms with van der Waals surface area (Å²) in [5, 5.41) is 0. The number of benzene rings is 1. The van der Waals surface area contributed by atoms with Crippen molar-refractivity contribution in [1.82, 2.24) is 0 Å². The molecule has 0 aromatic heterocycles. The molecule has 0 saturated heterocycles. The van der Waals surface area contributed by atoms with Gasteiger partial charge in [0.15, 0.2) is 0 Å². The summed E-state index contributed by atoms with van der Waals surface area (Å²) in [5.41, 5.74) is 1.92. The van der Waals surface area contributed by atoms with Crippen molar-refractivity contribution in [3.8, 4) is 0 Å². The van der Waals surface area contributed by atoms with E-state index in [2.05, 4.69) is 31.2 Å². The van der Waals surface area contributed by atoms with Gasteiger partial charge in [0.25, 0.3) is 0 Å². The topological polar surface area (TPSA) is 26.3 Å². The highest BCUT2D eigenvalue weighted by Gasteiger charge is 2.34. The summed E-state index contributed by atoms with van der Waals surface area (Å²) in [7, 11) is 0. The standard InChI is InChI=1S/C18H26O2.CH4/c1-13-9-11-15(12-10-13)16(14-7-5-6-8-14)17(19)20-18(2,3)4;/h9-12,14,16H,5-8H2,1-4H3;1H4. The molecular formula is C19H30O2. The summed E-state index contributed by atoms with van der Waals surface area (Å²) < 4.78 is 5.66. The van der Waals surface area contributed by atoms with Gasteiger partial charge in [0, 0.05) is 0 Å². The monoisotopic (exact) mass is 290 g/mol. The SMILES string of the molecule is C.Cc1ccc(C(C(=O)OC(C)(C)C)C2CCCC2)cc1. The highest BCUT2D eigenvalue weighted by Crippen LogP contribution is 2.38. The normalized spacial score (nSPS) is 17.1. The van der Waals surface area contributed by atoms with Crippen LogP contribution in [0.4, 0.5) is 0 Å². The zero-order chi connectivity index (χ0) is 14.8. The largest absolute Gasteiger partial charge is 0.459 e. The molecule has 1 aliphatic rings. The van der Waals surface area contributed by atoms with E-state index >= 15 is 0 Å². The van der Waals surface area contributed by atoms with E-state index < -0.39 is 5.60 Å². The minimum atomic E-state index is -0.418. The molecule has 1 aromatic rings. The van der Waals surface area contributed by atoms with Gasteiger partial charge < -0.3 is 4.74 Å². The summed E-state index contributed by atoms with van der Waals surface area (Å²) in [6, 6.07) is 8.34. The van der Waals surface area contributed by atoms with Crippen LogP contribution >= 0.6 is 0 Å². The van der Waals surface area contributed by atoms with Crippen LogP contribution in [0.3, 0.4) is 0 Å². The molecule has 1 fully saturated rings. The fourth-order valence-corrected chi connectivity index (χ4v) is 3.03. The van der Waals surface area contributed by atoms with Gasteiger partial charge in [-0.05, 0) is 52.0 Å². The van der Waals surface area contributed by atoms with E-state index in [1.165, 1.54) is 18.4 Å². The maximum atomic E-state index is 12.6. The number of carbonyl (C=O) groups excluding carboxylic acids is 1.